The highest BCUT2D eigenvalue weighted by Crippen LogP contribution is 2.29. The maximum atomic E-state index is 6.15. The number of benzene rings is 1. The molecule has 1 aliphatic heterocycles. The van der Waals surface area contributed by atoms with E-state index in [-0.39, 0.29) is 0 Å². The number of hydrogen-bond acceptors (Lipinski definition) is 2. The lowest BCUT2D eigenvalue weighted by Crippen LogP contribution is -2.49. The van der Waals surface area contributed by atoms with Crippen LogP contribution in [-0.2, 0) is 6.42 Å². The Labute approximate surface area is 166 Å². The molecule has 2 heterocycles. The molecular formula is C21H30ClN5. The van der Waals surface area contributed by atoms with Crippen LogP contribution < -0.4 is 10.6 Å². The zero-order valence-electron chi connectivity index (χ0n) is 16.1. The van der Waals surface area contributed by atoms with E-state index in [1.165, 1.54) is 49.7 Å². The van der Waals surface area contributed by atoms with Crippen LogP contribution in [0.15, 0.2) is 29.4 Å². The van der Waals surface area contributed by atoms with E-state index in [1.54, 1.807) is 0 Å². The molecule has 1 aromatic heterocycles. The number of hydrogen-bond donors (Lipinski definition) is 3. The molecule has 0 radical (unpaired) electrons. The molecule has 0 amide bonds. The molecule has 146 valence electrons. The number of likely N-dealkylation sites (tertiary alicyclic amines) is 1. The second kappa shape index (κ2) is 8.53. The van der Waals surface area contributed by atoms with Gasteiger partial charge in [-0.1, -0.05) is 11.6 Å². The van der Waals surface area contributed by atoms with Crippen LogP contribution in [0.1, 0.15) is 38.2 Å². The van der Waals surface area contributed by atoms with Crippen molar-refractivity contribution in [1.82, 2.24) is 20.5 Å². The van der Waals surface area contributed by atoms with Crippen LogP contribution in [0.5, 0.6) is 0 Å². The van der Waals surface area contributed by atoms with E-state index in [9.17, 15) is 0 Å². The zero-order chi connectivity index (χ0) is 18.6. The smallest absolute Gasteiger partial charge is 0.191 e. The summed E-state index contributed by atoms with van der Waals surface area (Å²) in [5, 5.41) is 9.02. The standard InChI is InChI=1S/C21H30ClN5/c1-2-23-21(26-17-8-11-27(12-9-17)18-4-5-18)24-10-7-15-14-25-20-6-3-16(22)13-19(15)20/h3,6,13-14,17-18,25H,2,4-5,7-12H2,1H3,(H2,23,24,26). The van der Waals surface area contributed by atoms with Crippen molar-refractivity contribution in [3.05, 3.63) is 35.0 Å². The Morgan fingerprint density at radius 3 is 2.81 bits per heavy atom. The first-order valence-corrected chi connectivity index (χ1v) is 10.6. The number of nitrogens with zero attached hydrogens (tertiary/aromatic N) is 2. The van der Waals surface area contributed by atoms with Gasteiger partial charge in [-0.05, 0) is 62.8 Å². The van der Waals surface area contributed by atoms with Gasteiger partial charge in [0.2, 0.25) is 0 Å². The van der Waals surface area contributed by atoms with E-state index in [0.29, 0.717) is 6.04 Å². The van der Waals surface area contributed by atoms with Crippen molar-refractivity contribution in [1.29, 1.82) is 0 Å². The average molecular weight is 388 g/mol. The molecule has 1 aromatic carbocycles. The van der Waals surface area contributed by atoms with Gasteiger partial charge in [-0.2, -0.15) is 0 Å². The van der Waals surface area contributed by atoms with E-state index in [1.807, 2.05) is 18.2 Å². The lowest BCUT2D eigenvalue weighted by molar-refractivity contribution is 0.197. The van der Waals surface area contributed by atoms with Crippen molar-refractivity contribution in [3.63, 3.8) is 0 Å². The number of aromatic amines is 1. The second-order valence-electron chi connectivity index (χ2n) is 7.70. The van der Waals surface area contributed by atoms with Crippen molar-refractivity contribution in [2.45, 2.75) is 51.1 Å². The molecule has 27 heavy (non-hydrogen) atoms. The van der Waals surface area contributed by atoms with Crippen molar-refractivity contribution in [3.8, 4) is 0 Å². The van der Waals surface area contributed by atoms with Crippen LogP contribution in [0.3, 0.4) is 0 Å². The number of H-pyrrole nitrogens is 1. The first-order chi connectivity index (χ1) is 13.2. The van der Waals surface area contributed by atoms with Gasteiger partial charge in [0.25, 0.3) is 0 Å². The Morgan fingerprint density at radius 2 is 2.07 bits per heavy atom. The number of aliphatic imine (C=N–C) groups is 1. The summed E-state index contributed by atoms with van der Waals surface area (Å²) in [6.07, 6.45) is 8.20. The van der Waals surface area contributed by atoms with Gasteiger partial charge < -0.3 is 20.5 Å². The molecule has 1 aliphatic carbocycles. The molecule has 5 nitrogen and oxygen atoms in total. The highest BCUT2D eigenvalue weighted by molar-refractivity contribution is 6.31. The number of aromatic nitrogens is 1. The van der Waals surface area contributed by atoms with Crippen molar-refractivity contribution in [2.75, 3.05) is 26.2 Å². The van der Waals surface area contributed by atoms with E-state index in [0.717, 1.165) is 42.1 Å². The summed E-state index contributed by atoms with van der Waals surface area (Å²) >= 11 is 6.15. The third-order valence-electron chi connectivity index (χ3n) is 5.66. The number of nitrogens with one attached hydrogen (secondary N) is 3. The summed E-state index contributed by atoms with van der Waals surface area (Å²) < 4.78 is 0. The normalized spacial score (nSPS) is 19.6. The monoisotopic (exact) mass is 387 g/mol. The first kappa shape index (κ1) is 18.6. The minimum atomic E-state index is 0.532. The molecular weight excluding hydrogens is 358 g/mol. The molecule has 6 heteroatoms. The molecule has 2 aromatic rings. The van der Waals surface area contributed by atoms with Crippen LogP contribution >= 0.6 is 11.6 Å². The molecule has 1 saturated heterocycles. The lowest BCUT2D eigenvalue weighted by Gasteiger charge is -2.33. The van der Waals surface area contributed by atoms with E-state index >= 15 is 0 Å². The van der Waals surface area contributed by atoms with E-state index in [2.05, 4.69) is 33.6 Å². The quantitative estimate of drug-likeness (QED) is 0.525. The predicted molar refractivity (Wildman–Crippen MR) is 114 cm³/mol. The summed E-state index contributed by atoms with van der Waals surface area (Å²) in [4.78, 5) is 10.8. The lowest BCUT2D eigenvalue weighted by atomic mass is 10.1. The summed E-state index contributed by atoms with van der Waals surface area (Å²) in [5.74, 6) is 0.945. The number of fused-ring (bicyclic) bond motifs is 1. The van der Waals surface area contributed by atoms with Gasteiger partial charge in [0.05, 0.1) is 0 Å². The van der Waals surface area contributed by atoms with Gasteiger partial charge in [0.15, 0.2) is 5.96 Å². The van der Waals surface area contributed by atoms with E-state index < -0.39 is 0 Å². The first-order valence-electron chi connectivity index (χ1n) is 10.3. The maximum absolute atomic E-state index is 6.15. The third kappa shape index (κ3) is 4.77. The minimum absolute atomic E-state index is 0.532. The van der Waals surface area contributed by atoms with Crippen LogP contribution in [-0.4, -0.2) is 54.1 Å². The van der Waals surface area contributed by atoms with Gasteiger partial charge in [-0.3, -0.25) is 4.99 Å². The van der Waals surface area contributed by atoms with Crippen molar-refractivity contribution < 1.29 is 0 Å². The highest BCUT2D eigenvalue weighted by Gasteiger charge is 2.31. The zero-order valence-corrected chi connectivity index (χ0v) is 16.9. The maximum Gasteiger partial charge on any atom is 0.191 e. The Balaban J connectivity index is 1.32. The Kier molecular flexibility index (Phi) is 5.89. The summed E-state index contributed by atoms with van der Waals surface area (Å²) in [6.45, 7) is 6.20. The fourth-order valence-electron chi connectivity index (χ4n) is 4.01. The molecule has 1 saturated carbocycles. The summed E-state index contributed by atoms with van der Waals surface area (Å²) in [5.41, 5.74) is 2.40. The highest BCUT2D eigenvalue weighted by atomic mass is 35.5. The van der Waals surface area contributed by atoms with Crippen LogP contribution in [0.4, 0.5) is 0 Å². The Morgan fingerprint density at radius 1 is 1.26 bits per heavy atom. The summed E-state index contributed by atoms with van der Waals surface area (Å²) in [7, 11) is 0. The van der Waals surface area contributed by atoms with Gasteiger partial charge in [0.1, 0.15) is 0 Å². The Bertz CT molecular complexity index is 787. The number of rotatable bonds is 6. The molecule has 0 unspecified atom stereocenters. The number of halogens is 1. The average Bonchev–Trinajstić information content (AvgIpc) is 3.45. The van der Waals surface area contributed by atoms with Crippen LogP contribution in [0.2, 0.25) is 5.02 Å². The van der Waals surface area contributed by atoms with Gasteiger partial charge in [-0.25, -0.2) is 0 Å². The fourth-order valence-corrected chi connectivity index (χ4v) is 4.18. The van der Waals surface area contributed by atoms with Crippen molar-refractivity contribution in [2.24, 2.45) is 4.99 Å². The third-order valence-corrected chi connectivity index (χ3v) is 5.89. The van der Waals surface area contributed by atoms with Crippen LogP contribution in [0, 0.1) is 0 Å². The van der Waals surface area contributed by atoms with Gasteiger partial charge in [-0.15, -0.1) is 0 Å². The van der Waals surface area contributed by atoms with Gasteiger partial charge >= 0.3 is 0 Å². The molecule has 2 fully saturated rings. The van der Waals surface area contributed by atoms with Gasteiger partial charge in [0, 0.05) is 60.4 Å². The molecule has 4 rings (SSSR count). The minimum Gasteiger partial charge on any atom is -0.361 e. The number of piperidine rings is 1. The SMILES string of the molecule is CCNC(=NCCc1c[nH]c2ccc(Cl)cc12)NC1CCN(C2CC2)CC1. The topological polar surface area (TPSA) is 55.5 Å². The molecule has 2 aliphatic rings. The molecule has 3 N–H and O–H groups in total. The van der Waals surface area contributed by atoms with E-state index in [4.69, 9.17) is 16.6 Å². The van der Waals surface area contributed by atoms with Crippen LogP contribution in [0.25, 0.3) is 10.9 Å². The number of guanidine groups is 1. The van der Waals surface area contributed by atoms with Crippen molar-refractivity contribution >= 4 is 28.5 Å². The largest absolute Gasteiger partial charge is 0.361 e. The summed E-state index contributed by atoms with van der Waals surface area (Å²) in [6, 6.07) is 7.40. The molecule has 0 atom stereocenters. The molecule has 0 bridgehead atoms. The Hall–Kier alpha value is -1.72. The fraction of sp³-hybridized carbons (Fsp3) is 0.571. The molecule has 0 spiro atoms. The predicted octanol–water partition coefficient (Wildman–Crippen LogP) is 3.55. The second-order valence-corrected chi connectivity index (χ2v) is 8.14.